The van der Waals surface area contributed by atoms with Crippen molar-refractivity contribution in [2.75, 3.05) is 43.4 Å². The van der Waals surface area contributed by atoms with Crippen LogP contribution in [0.3, 0.4) is 0 Å². The molecule has 0 spiro atoms. The minimum Gasteiger partial charge on any atom is -0.369 e. The third kappa shape index (κ3) is 2.44. The summed E-state index contributed by atoms with van der Waals surface area (Å²) in [5.74, 6) is 0. The Morgan fingerprint density at radius 3 is 2.06 bits per heavy atom. The van der Waals surface area contributed by atoms with Crippen LogP contribution in [0.1, 0.15) is 0 Å². The van der Waals surface area contributed by atoms with Crippen LogP contribution in [0, 0.1) is 0 Å². The largest absolute Gasteiger partial charge is 0.369 e. The van der Waals surface area contributed by atoms with Crippen molar-refractivity contribution in [2.24, 2.45) is 0 Å². The normalized spacial score (nSPS) is 17.6. The van der Waals surface area contributed by atoms with Crippen LogP contribution in [0.15, 0.2) is 24.3 Å². The summed E-state index contributed by atoms with van der Waals surface area (Å²) in [4.78, 5) is 4.59. The standard InChI is InChI=1S/C11H17N3O2/c1-12-6-8-13(9-7-12)10-2-4-11(5-3-10)14(15)16/h2-5,15-16H,6-9H2,1H3. The molecule has 5 nitrogen and oxygen atoms in total. The van der Waals surface area contributed by atoms with E-state index in [0.29, 0.717) is 5.69 Å². The molecule has 1 aliphatic heterocycles. The Morgan fingerprint density at radius 1 is 1.00 bits per heavy atom. The molecule has 0 amide bonds. The molecule has 0 atom stereocenters. The van der Waals surface area contributed by atoms with Gasteiger partial charge in [0.25, 0.3) is 0 Å². The van der Waals surface area contributed by atoms with Crippen LogP contribution in [-0.4, -0.2) is 48.5 Å². The second-order valence-electron chi connectivity index (χ2n) is 4.10. The summed E-state index contributed by atoms with van der Waals surface area (Å²) in [5.41, 5.74) is 1.50. The summed E-state index contributed by atoms with van der Waals surface area (Å²) in [5, 5.41) is 17.8. The van der Waals surface area contributed by atoms with E-state index in [4.69, 9.17) is 10.4 Å². The van der Waals surface area contributed by atoms with E-state index in [2.05, 4.69) is 16.8 Å². The van der Waals surface area contributed by atoms with Gasteiger partial charge in [-0.15, -0.1) is 5.23 Å². The van der Waals surface area contributed by atoms with Gasteiger partial charge in [0, 0.05) is 31.9 Å². The molecular formula is C11H17N3O2. The van der Waals surface area contributed by atoms with Crippen LogP contribution in [0.25, 0.3) is 0 Å². The SMILES string of the molecule is CN1CCN(c2ccc(N(O)O)cc2)CC1. The monoisotopic (exact) mass is 223 g/mol. The highest BCUT2D eigenvalue weighted by Crippen LogP contribution is 2.20. The van der Waals surface area contributed by atoms with Crippen LogP contribution in [0.4, 0.5) is 11.4 Å². The lowest BCUT2D eigenvalue weighted by molar-refractivity contribution is 0.0292. The third-order valence-corrected chi connectivity index (χ3v) is 2.95. The van der Waals surface area contributed by atoms with Gasteiger partial charge >= 0.3 is 0 Å². The van der Waals surface area contributed by atoms with E-state index in [9.17, 15) is 0 Å². The fourth-order valence-corrected chi connectivity index (χ4v) is 1.86. The maximum atomic E-state index is 8.83. The minimum absolute atomic E-state index is 0.133. The molecular weight excluding hydrogens is 206 g/mol. The van der Waals surface area contributed by atoms with Crippen LogP contribution in [0.5, 0.6) is 0 Å². The van der Waals surface area contributed by atoms with Gasteiger partial charge in [-0.05, 0) is 31.3 Å². The van der Waals surface area contributed by atoms with Crippen LogP contribution < -0.4 is 10.1 Å². The Kier molecular flexibility index (Phi) is 3.28. The predicted molar refractivity (Wildman–Crippen MR) is 62.2 cm³/mol. The summed E-state index contributed by atoms with van der Waals surface area (Å²) in [6.07, 6.45) is 0. The summed E-state index contributed by atoms with van der Waals surface area (Å²) in [6, 6.07) is 7.18. The zero-order valence-electron chi connectivity index (χ0n) is 9.37. The Morgan fingerprint density at radius 2 is 1.56 bits per heavy atom. The molecule has 2 rings (SSSR count). The Labute approximate surface area is 95.0 Å². The number of nitrogens with zero attached hydrogens (tertiary/aromatic N) is 3. The highest BCUT2D eigenvalue weighted by molar-refractivity contribution is 5.54. The van der Waals surface area contributed by atoms with Gasteiger partial charge in [0.2, 0.25) is 0 Å². The van der Waals surface area contributed by atoms with Crippen LogP contribution in [-0.2, 0) is 0 Å². The summed E-state index contributed by atoms with van der Waals surface area (Å²) in [7, 11) is 2.12. The van der Waals surface area contributed by atoms with E-state index in [0.717, 1.165) is 31.9 Å². The van der Waals surface area contributed by atoms with Gasteiger partial charge in [-0.3, -0.25) is 10.4 Å². The van der Waals surface area contributed by atoms with E-state index in [1.165, 1.54) is 0 Å². The fourth-order valence-electron chi connectivity index (χ4n) is 1.86. The van der Waals surface area contributed by atoms with Crippen molar-refractivity contribution in [3.05, 3.63) is 24.3 Å². The fraction of sp³-hybridized carbons (Fsp3) is 0.455. The average molecular weight is 223 g/mol. The molecule has 5 heteroatoms. The van der Waals surface area contributed by atoms with Crippen molar-refractivity contribution in [1.82, 2.24) is 4.90 Å². The van der Waals surface area contributed by atoms with Crippen molar-refractivity contribution >= 4 is 11.4 Å². The molecule has 0 unspecified atom stereocenters. The van der Waals surface area contributed by atoms with Crippen molar-refractivity contribution in [3.63, 3.8) is 0 Å². The number of piperazine rings is 1. The number of hydrogen-bond acceptors (Lipinski definition) is 5. The van der Waals surface area contributed by atoms with E-state index in [1.54, 1.807) is 12.1 Å². The van der Waals surface area contributed by atoms with E-state index in [-0.39, 0.29) is 5.23 Å². The maximum Gasteiger partial charge on any atom is 0.0944 e. The molecule has 1 saturated heterocycles. The highest BCUT2D eigenvalue weighted by Gasteiger charge is 2.14. The lowest BCUT2D eigenvalue weighted by Gasteiger charge is -2.34. The van der Waals surface area contributed by atoms with E-state index in [1.807, 2.05) is 12.1 Å². The van der Waals surface area contributed by atoms with E-state index >= 15 is 0 Å². The second kappa shape index (κ2) is 4.69. The van der Waals surface area contributed by atoms with Crippen molar-refractivity contribution < 1.29 is 10.4 Å². The first kappa shape index (κ1) is 11.2. The van der Waals surface area contributed by atoms with Gasteiger partial charge in [-0.1, -0.05) is 0 Å². The lowest BCUT2D eigenvalue weighted by atomic mass is 10.2. The molecule has 0 aromatic heterocycles. The molecule has 1 fully saturated rings. The van der Waals surface area contributed by atoms with Crippen molar-refractivity contribution in [3.8, 4) is 0 Å². The summed E-state index contributed by atoms with van der Waals surface area (Å²) >= 11 is 0. The number of benzene rings is 1. The second-order valence-corrected chi connectivity index (χ2v) is 4.10. The number of anilines is 2. The zero-order valence-corrected chi connectivity index (χ0v) is 9.37. The lowest BCUT2D eigenvalue weighted by Crippen LogP contribution is -2.44. The summed E-state index contributed by atoms with van der Waals surface area (Å²) in [6.45, 7) is 4.15. The molecule has 16 heavy (non-hydrogen) atoms. The van der Waals surface area contributed by atoms with Gasteiger partial charge in [0.15, 0.2) is 0 Å². The predicted octanol–water partition coefficient (Wildman–Crippen LogP) is 1.02. The average Bonchev–Trinajstić information content (AvgIpc) is 2.30. The molecule has 2 N–H and O–H groups in total. The van der Waals surface area contributed by atoms with Crippen molar-refractivity contribution in [1.29, 1.82) is 0 Å². The maximum absolute atomic E-state index is 8.83. The number of likely N-dealkylation sites (N-methyl/N-ethyl adjacent to an activating group) is 1. The van der Waals surface area contributed by atoms with Gasteiger partial charge in [0.05, 0.1) is 5.69 Å². The zero-order chi connectivity index (χ0) is 11.5. The first-order valence-corrected chi connectivity index (χ1v) is 5.38. The molecule has 0 saturated carbocycles. The molecule has 0 aliphatic carbocycles. The molecule has 0 radical (unpaired) electrons. The van der Waals surface area contributed by atoms with Gasteiger partial charge < -0.3 is 9.80 Å². The smallest absolute Gasteiger partial charge is 0.0944 e. The molecule has 1 aromatic rings. The highest BCUT2D eigenvalue weighted by atomic mass is 16.8. The number of rotatable bonds is 2. The third-order valence-electron chi connectivity index (χ3n) is 2.95. The van der Waals surface area contributed by atoms with E-state index < -0.39 is 0 Å². The van der Waals surface area contributed by atoms with Crippen LogP contribution in [0.2, 0.25) is 0 Å². The summed E-state index contributed by atoms with van der Waals surface area (Å²) < 4.78 is 0. The molecule has 1 aromatic carbocycles. The topological polar surface area (TPSA) is 50.2 Å². The first-order chi connectivity index (χ1) is 7.66. The Balaban J connectivity index is 2.04. The Hall–Kier alpha value is -1.30. The molecule has 88 valence electrons. The van der Waals surface area contributed by atoms with Gasteiger partial charge in [-0.25, -0.2) is 0 Å². The number of hydrogen-bond donors (Lipinski definition) is 2. The van der Waals surface area contributed by atoms with Crippen molar-refractivity contribution in [2.45, 2.75) is 0 Å². The molecule has 1 heterocycles. The molecule has 1 aliphatic rings. The molecule has 0 bridgehead atoms. The van der Waals surface area contributed by atoms with Gasteiger partial charge in [-0.2, -0.15) is 0 Å². The first-order valence-electron chi connectivity index (χ1n) is 5.38. The quantitative estimate of drug-likeness (QED) is 0.733. The van der Waals surface area contributed by atoms with Gasteiger partial charge in [0.1, 0.15) is 0 Å². The Bertz CT molecular complexity index is 332. The minimum atomic E-state index is 0.133. The van der Waals surface area contributed by atoms with Crippen LogP contribution >= 0.6 is 0 Å².